The van der Waals surface area contributed by atoms with Crippen LogP contribution in [0, 0.1) is 0 Å². The van der Waals surface area contributed by atoms with Crippen LogP contribution in [-0.2, 0) is 22.4 Å². The highest BCUT2D eigenvalue weighted by molar-refractivity contribution is 5.99. The second-order valence-electron chi connectivity index (χ2n) is 4.60. The fraction of sp³-hybridized carbons (Fsp3) is 0.429. The van der Waals surface area contributed by atoms with E-state index in [2.05, 4.69) is 17.6 Å². The van der Waals surface area contributed by atoms with Gasteiger partial charge in [-0.05, 0) is 23.6 Å². The Bertz CT molecular complexity index is 469. The molecule has 1 aliphatic rings. The largest absolute Gasteiger partial charge is 0.356 e. The molecule has 0 bridgehead atoms. The van der Waals surface area contributed by atoms with E-state index in [4.69, 9.17) is 0 Å². The minimum atomic E-state index is 0.0227. The van der Waals surface area contributed by atoms with Crippen molar-refractivity contribution >= 4 is 17.5 Å². The van der Waals surface area contributed by atoms with Gasteiger partial charge < -0.3 is 10.6 Å². The standard InChI is InChI=1S/C14H18N2O2/c1-2-3-6-15-13(17)8-10-4-5-12-11(7-10)9-14(18)16-12/h4-5,7H,2-3,6,8-9H2,1H3,(H,15,17)(H,16,18). The van der Waals surface area contributed by atoms with E-state index in [9.17, 15) is 9.59 Å². The first-order valence-electron chi connectivity index (χ1n) is 6.37. The van der Waals surface area contributed by atoms with Gasteiger partial charge in [-0.2, -0.15) is 0 Å². The highest BCUT2D eigenvalue weighted by Gasteiger charge is 2.17. The molecule has 4 nitrogen and oxygen atoms in total. The van der Waals surface area contributed by atoms with Crippen LogP contribution in [0.2, 0.25) is 0 Å². The van der Waals surface area contributed by atoms with Gasteiger partial charge in [0.1, 0.15) is 0 Å². The fourth-order valence-electron chi connectivity index (χ4n) is 2.05. The van der Waals surface area contributed by atoms with Gasteiger partial charge in [0.05, 0.1) is 12.8 Å². The molecule has 0 saturated heterocycles. The van der Waals surface area contributed by atoms with Crippen molar-refractivity contribution in [3.05, 3.63) is 29.3 Å². The lowest BCUT2D eigenvalue weighted by Gasteiger charge is -2.06. The van der Waals surface area contributed by atoms with Crippen molar-refractivity contribution in [2.45, 2.75) is 32.6 Å². The van der Waals surface area contributed by atoms with Crippen molar-refractivity contribution in [3.63, 3.8) is 0 Å². The Hall–Kier alpha value is -1.84. The number of hydrogen-bond acceptors (Lipinski definition) is 2. The molecule has 96 valence electrons. The van der Waals surface area contributed by atoms with Crippen LogP contribution in [-0.4, -0.2) is 18.4 Å². The maximum atomic E-state index is 11.7. The first-order chi connectivity index (χ1) is 8.69. The molecule has 0 radical (unpaired) electrons. The van der Waals surface area contributed by atoms with E-state index in [1.54, 1.807) is 0 Å². The summed E-state index contributed by atoms with van der Waals surface area (Å²) in [6.45, 7) is 2.83. The molecule has 1 heterocycles. The summed E-state index contributed by atoms with van der Waals surface area (Å²) in [6, 6.07) is 5.70. The smallest absolute Gasteiger partial charge is 0.228 e. The average molecular weight is 246 g/mol. The topological polar surface area (TPSA) is 58.2 Å². The number of anilines is 1. The summed E-state index contributed by atoms with van der Waals surface area (Å²) in [5.74, 6) is 0.0650. The van der Waals surface area contributed by atoms with E-state index in [1.165, 1.54) is 0 Å². The van der Waals surface area contributed by atoms with Gasteiger partial charge in [-0.3, -0.25) is 9.59 Å². The molecule has 0 saturated carbocycles. The van der Waals surface area contributed by atoms with Crippen molar-refractivity contribution in [1.29, 1.82) is 0 Å². The highest BCUT2D eigenvalue weighted by Crippen LogP contribution is 2.23. The molecule has 4 heteroatoms. The minimum absolute atomic E-state index is 0.0227. The second kappa shape index (κ2) is 5.67. The van der Waals surface area contributed by atoms with E-state index in [-0.39, 0.29) is 11.8 Å². The van der Waals surface area contributed by atoms with Crippen molar-refractivity contribution in [3.8, 4) is 0 Å². The number of amides is 2. The minimum Gasteiger partial charge on any atom is -0.356 e. The number of unbranched alkanes of at least 4 members (excludes halogenated alkanes) is 1. The van der Waals surface area contributed by atoms with Gasteiger partial charge in [0.15, 0.2) is 0 Å². The maximum absolute atomic E-state index is 11.7. The number of benzene rings is 1. The SMILES string of the molecule is CCCCNC(=O)Cc1ccc2c(c1)CC(=O)N2. The summed E-state index contributed by atoms with van der Waals surface area (Å²) in [5, 5.41) is 5.67. The number of carbonyl (C=O) groups is 2. The second-order valence-corrected chi connectivity index (χ2v) is 4.60. The molecule has 1 aromatic carbocycles. The third-order valence-corrected chi connectivity index (χ3v) is 3.01. The Morgan fingerprint density at radius 1 is 1.44 bits per heavy atom. The predicted molar refractivity (Wildman–Crippen MR) is 70.4 cm³/mol. The lowest BCUT2D eigenvalue weighted by atomic mass is 10.1. The molecule has 18 heavy (non-hydrogen) atoms. The molecule has 0 aliphatic carbocycles. The van der Waals surface area contributed by atoms with Crippen LogP contribution in [0.4, 0.5) is 5.69 Å². The monoisotopic (exact) mass is 246 g/mol. The van der Waals surface area contributed by atoms with Crippen LogP contribution in [0.25, 0.3) is 0 Å². The summed E-state index contributed by atoms with van der Waals surface area (Å²) >= 11 is 0. The molecule has 2 N–H and O–H groups in total. The number of hydrogen-bond donors (Lipinski definition) is 2. The van der Waals surface area contributed by atoms with E-state index in [0.717, 1.165) is 36.2 Å². The Kier molecular flexibility index (Phi) is 3.97. The molecular weight excluding hydrogens is 228 g/mol. The Labute approximate surface area is 107 Å². The van der Waals surface area contributed by atoms with Gasteiger partial charge in [-0.25, -0.2) is 0 Å². The number of carbonyl (C=O) groups excluding carboxylic acids is 2. The zero-order valence-electron chi connectivity index (χ0n) is 10.6. The first-order valence-corrected chi connectivity index (χ1v) is 6.37. The number of fused-ring (bicyclic) bond motifs is 1. The lowest BCUT2D eigenvalue weighted by molar-refractivity contribution is -0.120. The van der Waals surface area contributed by atoms with E-state index in [0.29, 0.717) is 12.8 Å². The van der Waals surface area contributed by atoms with Crippen LogP contribution in [0.3, 0.4) is 0 Å². The summed E-state index contributed by atoms with van der Waals surface area (Å²) in [6.07, 6.45) is 2.88. The zero-order chi connectivity index (χ0) is 13.0. The molecule has 0 aromatic heterocycles. The van der Waals surface area contributed by atoms with Crippen molar-refractivity contribution in [2.75, 3.05) is 11.9 Å². The van der Waals surface area contributed by atoms with Crippen LogP contribution in [0.5, 0.6) is 0 Å². The van der Waals surface area contributed by atoms with Crippen molar-refractivity contribution < 1.29 is 9.59 Å². The predicted octanol–water partition coefficient (Wildman–Crippen LogP) is 1.64. The third kappa shape index (κ3) is 3.09. The first kappa shape index (κ1) is 12.6. The van der Waals surface area contributed by atoms with Gasteiger partial charge in [-0.15, -0.1) is 0 Å². The molecular formula is C14H18N2O2. The average Bonchev–Trinajstić information content (AvgIpc) is 2.69. The zero-order valence-corrected chi connectivity index (χ0v) is 10.6. The summed E-state index contributed by atoms with van der Waals surface area (Å²) in [5.41, 5.74) is 2.81. The lowest BCUT2D eigenvalue weighted by Crippen LogP contribution is -2.25. The molecule has 0 atom stereocenters. The van der Waals surface area contributed by atoms with Gasteiger partial charge in [-0.1, -0.05) is 25.5 Å². The van der Waals surface area contributed by atoms with Gasteiger partial charge in [0.25, 0.3) is 0 Å². The molecule has 0 unspecified atom stereocenters. The Morgan fingerprint density at radius 3 is 3.06 bits per heavy atom. The molecule has 1 aromatic rings. The fourth-order valence-corrected chi connectivity index (χ4v) is 2.05. The highest BCUT2D eigenvalue weighted by atomic mass is 16.2. The molecule has 1 aliphatic heterocycles. The quantitative estimate of drug-likeness (QED) is 0.776. The van der Waals surface area contributed by atoms with E-state index >= 15 is 0 Å². The van der Waals surface area contributed by atoms with Crippen LogP contribution < -0.4 is 10.6 Å². The van der Waals surface area contributed by atoms with Gasteiger partial charge in [0, 0.05) is 12.2 Å². The Morgan fingerprint density at radius 2 is 2.28 bits per heavy atom. The third-order valence-electron chi connectivity index (χ3n) is 3.01. The number of rotatable bonds is 5. The van der Waals surface area contributed by atoms with Crippen LogP contribution in [0.1, 0.15) is 30.9 Å². The van der Waals surface area contributed by atoms with Crippen molar-refractivity contribution in [1.82, 2.24) is 5.32 Å². The van der Waals surface area contributed by atoms with Crippen LogP contribution in [0.15, 0.2) is 18.2 Å². The number of nitrogens with one attached hydrogen (secondary N) is 2. The van der Waals surface area contributed by atoms with Crippen molar-refractivity contribution in [2.24, 2.45) is 0 Å². The maximum Gasteiger partial charge on any atom is 0.228 e. The molecule has 0 fully saturated rings. The molecule has 2 amide bonds. The van der Waals surface area contributed by atoms with Crippen LogP contribution >= 0.6 is 0 Å². The summed E-state index contributed by atoms with van der Waals surface area (Å²) < 4.78 is 0. The van der Waals surface area contributed by atoms with E-state index in [1.807, 2.05) is 18.2 Å². The molecule has 0 spiro atoms. The van der Waals surface area contributed by atoms with E-state index < -0.39 is 0 Å². The van der Waals surface area contributed by atoms with Gasteiger partial charge in [0.2, 0.25) is 11.8 Å². The normalized spacial score (nSPS) is 13.1. The molecule has 2 rings (SSSR count). The van der Waals surface area contributed by atoms with Gasteiger partial charge >= 0.3 is 0 Å². The Balaban J connectivity index is 1.92. The summed E-state index contributed by atoms with van der Waals surface area (Å²) in [7, 11) is 0. The summed E-state index contributed by atoms with van der Waals surface area (Å²) in [4.78, 5) is 22.9.